The second-order valence-corrected chi connectivity index (χ2v) is 8.51. The lowest BCUT2D eigenvalue weighted by atomic mass is 10.1. The summed E-state index contributed by atoms with van der Waals surface area (Å²) in [6.45, 7) is 0.381. The normalized spacial score (nSPS) is 10.7. The number of methoxy groups -OCH3 is 1. The van der Waals surface area contributed by atoms with Crippen molar-refractivity contribution in [3.05, 3.63) is 77.2 Å². The van der Waals surface area contributed by atoms with Gasteiger partial charge in [0, 0.05) is 11.9 Å². The summed E-state index contributed by atoms with van der Waals surface area (Å²) in [5.74, 6) is 0.432. The third-order valence-electron chi connectivity index (χ3n) is 4.51. The van der Waals surface area contributed by atoms with Crippen LogP contribution in [0.25, 0.3) is 21.6 Å². The van der Waals surface area contributed by atoms with Crippen LogP contribution >= 0.6 is 23.1 Å². The summed E-state index contributed by atoms with van der Waals surface area (Å²) in [7, 11) is 1.35. The molecule has 0 aliphatic rings. The van der Waals surface area contributed by atoms with E-state index in [1.54, 1.807) is 35.6 Å². The van der Waals surface area contributed by atoms with Crippen molar-refractivity contribution in [1.29, 1.82) is 0 Å². The van der Waals surface area contributed by atoms with Crippen molar-refractivity contribution < 1.29 is 14.3 Å². The molecule has 156 valence electrons. The van der Waals surface area contributed by atoms with Crippen molar-refractivity contribution in [1.82, 2.24) is 15.3 Å². The SMILES string of the molecule is COC(=O)c1ccc(CNC(=O)CSc2nc(-c3cccs3)nc3ccccc23)cc1. The van der Waals surface area contributed by atoms with E-state index in [4.69, 9.17) is 4.98 Å². The summed E-state index contributed by atoms with van der Waals surface area (Å²) >= 11 is 2.98. The standard InChI is InChI=1S/C23H19N3O3S2/c1-29-23(28)16-10-8-15(9-11-16)13-24-20(27)14-31-22-17-5-2-3-6-18(17)25-21(26-22)19-7-4-12-30-19/h2-12H,13-14H2,1H3,(H,24,27). The lowest BCUT2D eigenvalue weighted by Gasteiger charge is -2.09. The largest absolute Gasteiger partial charge is 0.465 e. The van der Waals surface area contributed by atoms with Crippen LogP contribution in [0.15, 0.2) is 71.1 Å². The average Bonchev–Trinajstić information content (AvgIpc) is 3.36. The molecular weight excluding hydrogens is 430 g/mol. The minimum absolute atomic E-state index is 0.0950. The molecule has 4 aromatic rings. The molecule has 0 fully saturated rings. The fourth-order valence-corrected chi connectivity index (χ4v) is 4.44. The van der Waals surface area contributed by atoms with Gasteiger partial charge in [-0.2, -0.15) is 0 Å². The van der Waals surface area contributed by atoms with Gasteiger partial charge in [-0.3, -0.25) is 4.79 Å². The predicted molar refractivity (Wildman–Crippen MR) is 123 cm³/mol. The minimum Gasteiger partial charge on any atom is -0.465 e. The zero-order chi connectivity index (χ0) is 21.6. The molecule has 0 spiro atoms. The number of esters is 1. The quantitative estimate of drug-likeness (QED) is 0.253. The minimum atomic E-state index is -0.383. The number of thioether (sulfide) groups is 1. The van der Waals surface area contributed by atoms with Gasteiger partial charge in [0.1, 0.15) is 5.03 Å². The second kappa shape index (κ2) is 9.72. The summed E-state index contributed by atoms with van der Waals surface area (Å²) < 4.78 is 4.69. The molecule has 0 atom stereocenters. The topological polar surface area (TPSA) is 81.2 Å². The van der Waals surface area contributed by atoms with Gasteiger partial charge in [0.15, 0.2) is 5.82 Å². The van der Waals surface area contributed by atoms with E-state index in [9.17, 15) is 9.59 Å². The maximum absolute atomic E-state index is 12.4. The van der Waals surface area contributed by atoms with Crippen molar-refractivity contribution in [2.45, 2.75) is 11.6 Å². The Hall–Kier alpha value is -3.23. The number of benzene rings is 2. The molecule has 1 amide bonds. The first-order valence-corrected chi connectivity index (χ1v) is 11.4. The van der Waals surface area contributed by atoms with E-state index in [1.807, 2.05) is 41.8 Å². The predicted octanol–water partition coefficient (Wildman–Crippen LogP) is 4.55. The van der Waals surface area contributed by atoms with Gasteiger partial charge in [-0.05, 0) is 35.2 Å². The number of ether oxygens (including phenoxy) is 1. The van der Waals surface area contributed by atoms with E-state index in [2.05, 4.69) is 15.0 Å². The Labute approximate surface area is 187 Å². The van der Waals surface area contributed by atoms with Crippen molar-refractivity contribution in [3.63, 3.8) is 0 Å². The van der Waals surface area contributed by atoms with Crippen LogP contribution in [0.1, 0.15) is 15.9 Å². The zero-order valence-electron chi connectivity index (χ0n) is 16.7. The molecule has 1 N–H and O–H groups in total. The maximum Gasteiger partial charge on any atom is 0.337 e. The lowest BCUT2D eigenvalue weighted by molar-refractivity contribution is -0.118. The van der Waals surface area contributed by atoms with Crippen LogP contribution in [0.4, 0.5) is 0 Å². The van der Waals surface area contributed by atoms with Crippen molar-refractivity contribution in [2.75, 3.05) is 12.9 Å². The highest BCUT2D eigenvalue weighted by Gasteiger charge is 2.12. The summed E-state index contributed by atoms with van der Waals surface area (Å²) in [5, 5.41) is 6.61. The number of hydrogen-bond acceptors (Lipinski definition) is 7. The van der Waals surface area contributed by atoms with Crippen LogP contribution in [0.3, 0.4) is 0 Å². The summed E-state index contributed by atoms with van der Waals surface area (Å²) in [6, 6.07) is 18.7. The van der Waals surface area contributed by atoms with Crippen LogP contribution in [-0.4, -0.2) is 34.7 Å². The highest BCUT2D eigenvalue weighted by molar-refractivity contribution is 8.00. The molecule has 0 unspecified atom stereocenters. The van der Waals surface area contributed by atoms with E-state index in [0.717, 1.165) is 26.4 Å². The number of nitrogens with zero attached hydrogens (tertiary/aromatic N) is 2. The van der Waals surface area contributed by atoms with Gasteiger partial charge in [-0.1, -0.05) is 48.2 Å². The van der Waals surface area contributed by atoms with Crippen LogP contribution < -0.4 is 5.32 Å². The number of nitrogens with one attached hydrogen (secondary N) is 1. The van der Waals surface area contributed by atoms with Gasteiger partial charge in [0.25, 0.3) is 0 Å². The van der Waals surface area contributed by atoms with E-state index < -0.39 is 0 Å². The number of rotatable bonds is 7. The zero-order valence-corrected chi connectivity index (χ0v) is 18.3. The first kappa shape index (κ1) is 21.0. The number of carbonyl (C=O) groups is 2. The van der Waals surface area contributed by atoms with Gasteiger partial charge < -0.3 is 10.1 Å². The van der Waals surface area contributed by atoms with Gasteiger partial charge >= 0.3 is 5.97 Å². The molecule has 31 heavy (non-hydrogen) atoms. The highest BCUT2D eigenvalue weighted by Crippen LogP contribution is 2.29. The monoisotopic (exact) mass is 449 g/mol. The van der Waals surface area contributed by atoms with Crippen LogP contribution in [-0.2, 0) is 16.1 Å². The number of carbonyl (C=O) groups excluding carboxylic acids is 2. The van der Waals surface area contributed by atoms with Gasteiger partial charge in [0.2, 0.25) is 5.91 Å². The molecule has 0 aliphatic carbocycles. The van der Waals surface area contributed by atoms with E-state index in [0.29, 0.717) is 17.9 Å². The Morgan fingerprint density at radius 1 is 1.03 bits per heavy atom. The maximum atomic E-state index is 12.4. The first-order chi connectivity index (χ1) is 15.1. The van der Waals surface area contributed by atoms with E-state index >= 15 is 0 Å². The molecule has 0 bridgehead atoms. The molecular formula is C23H19N3O3S2. The van der Waals surface area contributed by atoms with Gasteiger partial charge in [-0.25, -0.2) is 14.8 Å². The highest BCUT2D eigenvalue weighted by atomic mass is 32.2. The van der Waals surface area contributed by atoms with Crippen LogP contribution in [0.5, 0.6) is 0 Å². The molecule has 8 heteroatoms. The Kier molecular flexibility index (Phi) is 6.59. The second-order valence-electron chi connectivity index (χ2n) is 6.60. The van der Waals surface area contributed by atoms with Crippen molar-refractivity contribution in [2.24, 2.45) is 0 Å². The smallest absolute Gasteiger partial charge is 0.337 e. The number of para-hydroxylation sites is 1. The van der Waals surface area contributed by atoms with Gasteiger partial charge in [-0.15, -0.1) is 11.3 Å². The number of aromatic nitrogens is 2. The molecule has 0 radical (unpaired) electrons. The van der Waals surface area contributed by atoms with Crippen molar-refractivity contribution in [3.8, 4) is 10.7 Å². The molecule has 6 nitrogen and oxygen atoms in total. The number of thiophene rings is 1. The van der Waals surface area contributed by atoms with Gasteiger partial charge in [0.05, 0.1) is 28.8 Å². The van der Waals surface area contributed by atoms with E-state index in [-0.39, 0.29) is 17.6 Å². The molecule has 2 aromatic carbocycles. The number of amides is 1. The Morgan fingerprint density at radius 2 is 1.84 bits per heavy atom. The number of hydrogen-bond donors (Lipinski definition) is 1. The molecule has 2 heterocycles. The summed E-state index contributed by atoms with van der Waals surface area (Å²) in [5.41, 5.74) is 2.23. The van der Waals surface area contributed by atoms with Crippen LogP contribution in [0, 0.1) is 0 Å². The number of fused-ring (bicyclic) bond motifs is 1. The summed E-state index contributed by atoms with van der Waals surface area (Å²) in [6.07, 6.45) is 0. The molecule has 0 aliphatic heterocycles. The lowest BCUT2D eigenvalue weighted by Crippen LogP contribution is -2.24. The van der Waals surface area contributed by atoms with Crippen LogP contribution in [0.2, 0.25) is 0 Å². The molecule has 4 rings (SSSR count). The first-order valence-electron chi connectivity index (χ1n) is 9.51. The average molecular weight is 450 g/mol. The molecule has 2 aromatic heterocycles. The van der Waals surface area contributed by atoms with Crippen molar-refractivity contribution >= 4 is 45.9 Å². The fraction of sp³-hybridized carbons (Fsp3) is 0.130. The Bertz CT molecular complexity index is 1210. The third kappa shape index (κ3) is 5.10. The summed E-state index contributed by atoms with van der Waals surface area (Å²) in [4.78, 5) is 34.3. The molecule has 0 saturated carbocycles. The Balaban J connectivity index is 1.41. The molecule has 0 saturated heterocycles. The fourth-order valence-electron chi connectivity index (χ4n) is 2.94. The third-order valence-corrected chi connectivity index (χ3v) is 6.37. The Morgan fingerprint density at radius 3 is 2.58 bits per heavy atom. The van der Waals surface area contributed by atoms with E-state index in [1.165, 1.54) is 18.9 Å².